The van der Waals surface area contributed by atoms with Crippen LogP contribution in [-0.2, 0) is 18.7 Å². The van der Waals surface area contributed by atoms with Gasteiger partial charge in [-0.05, 0) is 29.5 Å². The van der Waals surface area contributed by atoms with E-state index in [2.05, 4.69) is 25.8 Å². The molecular weight excluding hydrogens is 480 g/mol. The molecule has 0 atom stereocenters. The molecule has 2 aromatic rings. The van der Waals surface area contributed by atoms with E-state index in [4.69, 9.17) is 4.52 Å². The van der Waals surface area contributed by atoms with Crippen molar-refractivity contribution in [2.24, 2.45) is 4.99 Å². The second kappa shape index (κ2) is 12.2. The van der Waals surface area contributed by atoms with E-state index in [0.29, 0.717) is 31.4 Å². The van der Waals surface area contributed by atoms with Gasteiger partial charge in [-0.2, -0.15) is 16.7 Å². The van der Waals surface area contributed by atoms with E-state index in [-0.39, 0.29) is 35.7 Å². The highest BCUT2D eigenvalue weighted by molar-refractivity contribution is 14.0. The molecule has 0 aliphatic carbocycles. The zero-order chi connectivity index (χ0) is 18.9. The average molecular weight is 507 g/mol. The molecule has 27 heavy (non-hydrogen) atoms. The van der Waals surface area contributed by atoms with Crippen LogP contribution in [0, 0.1) is 5.82 Å². The van der Waals surface area contributed by atoms with Gasteiger partial charge in [0.15, 0.2) is 11.8 Å². The molecule has 6 nitrogen and oxygen atoms in total. The van der Waals surface area contributed by atoms with Crippen molar-refractivity contribution in [3.05, 3.63) is 46.9 Å². The minimum Gasteiger partial charge on any atom is -0.356 e. The number of guanidine groups is 1. The topological polar surface area (TPSA) is 75.3 Å². The van der Waals surface area contributed by atoms with E-state index in [9.17, 15) is 4.39 Å². The van der Waals surface area contributed by atoms with Gasteiger partial charge in [-0.25, -0.2) is 4.39 Å². The van der Waals surface area contributed by atoms with E-state index < -0.39 is 0 Å². The number of thioether (sulfide) groups is 1. The average Bonchev–Trinajstić information content (AvgIpc) is 3.09. The fourth-order valence-corrected chi connectivity index (χ4v) is 2.93. The van der Waals surface area contributed by atoms with Crippen molar-refractivity contribution in [1.82, 2.24) is 20.8 Å². The summed E-state index contributed by atoms with van der Waals surface area (Å²) >= 11 is 1.67. The van der Waals surface area contributed by atoms with Crippen molar-refractivity contribution < 1.29 is 8.91 Å². The first-order valence-corrected chi connectivity index (χ1v) is 9.96. The Bertz CT molecular complexity index is 738. The quantitative estimate of drug-likeness (QED) is 0.323. The molecule has 2 N–H and O–H groups in total. The van der Waals surface area contributed by atoms with Crippen molar-refractivity contribution in [3.8, 4) is 0 Å². The summed E-state index contributed by atoms with van der Waals surface area (Å²) in [6.45, 7) is 5.26. The number of hydrogen-bond acceptors (Lipinski definition) is 5. The van der Waals surface area contributed by atoms with Crippen LogP contribution in [0.3, 0.4) is 0 Å². The Kier molecular flexibility index (Phi) is 10.7. The van der Waals surface area contributed by atoms with E-state index in [1.807, 2.05) is 26.2 Å². The number of rotatable bonds is 8. The van der Waals surface area contributed by atoms with E-state index >= 15 is 0 Å². The molecular formula is C18H27FIN5OS. The first-order valence-electron chi connectivity index (χ1n) is 8.56. The zero-order valence-corrected chi connectivity index (χ0v) is 19.2. The maximum Gasteiger partial charge on any atom is 0.228 e. The molecule has 0 saturated carbocycles. The SMILES string of the molecule is CN=C(NCCc1nc(C(C)C)no1)NCc1ccc(F)cc1CSC.I. The number of nitrogens with zero attached hydrogens (tertiary/aromatic N) is 3. The predicted molar refractivity (Wildman–Crippen MR) is 119 cm³/mol. The highest BCUT2D eigenvalue weighted by Crippen LogP contribution is 2.16. The summed E-state index contributed by atoms with van der Waals surface area (Å²) in [5.74, 6) is 2.82. The number of aliphatic imine (C=N–C) groups is 1. The summed E-state index contributed by atoms with van der Waals surface area (Å²) in [6, 6.07) is 4.89. The molecule has 150 valence electrons. The fourth-order valence-electron chi connectivity index (χ4n) is 2.35. The molecule has 0 unspecified atom stereocenters. The van der Waals surface area contributed by atoms with Crippen LogP contribution in [0.4, 0.5) is 4.39 Å². The number of halogens is 2. The standard InChI is InChI=1S/C18H26FN5OS.HI/c1-12(2)17-23-16(25-24-17)7-8-21-18(20-3)22-10-13-5-6-15(19)9-14(13)11-26-4;/h5-6,9,12H,7-8,10-11H2,1-4H3,(H2,20,21,22);1H. The van der Waals surface area contributed by atoms with Crippen LogP contribution >= 0.6 is 35.7 Å². The van der Waals surface area contributed by atoms with E-state index in [1.54, 1.807) is 24.9 Å². The summed E-state index contributed by atoms with van der Waals surface area (Å²) in [7, 11) is 1.71. The molecule has 0 aliphatic rings. The summed E-state index contributed by atoms with van der Waals surface area (Å²) in [6.07, 6.45) is 2.62. The highest BCUT2D eigenvalue weighted by Gasteiger charge is 2.10. The van der Waals surface area contributed by atoms with Gasteiger partial charge in [0.05, 0.1) is 0 Å². The highest BCUT2D eigenvalue weighted by atomic mass is 127. The molecule has 1 aromatic carbocycles. The molecule has 0 amide bonds. The van der Waals surface area contributed by atoms with Crippen molar-refractivity contribution in [3.63, 3.8) is 0 Å². The van der Waals surface area contributed by atoms with Gasteiger partial charge in [0.2, 0.25) is 5.89 Å². The molecule has 0 radical (unpaired) electrons. The minimum absolute atomic E-state index is 0. The second-order valence-electron chi connectivity index (χ2n) is 6.15. The van der Waals surface area contributed by atoms with Crippen molar-refractivity contribution in [2.45, 2.75) is 38.5 Å². The first-order chi connectivity index (χ1) is 12.5. The van der Waals surface area contributed by atoms with Crippen molar-refractivity contribution in [1.29, 1.82) is 0 Å². The predicted octanol–water partition coefficient (Wildman–Crippen LogP) is 3.72. The lowest BCUT2D eigenvalue weighted by molar-refractivity contribution is 0.371. The molecule has 9 heteroatoms. The van der Waals surface area contributed by atoms with Crippen LogP contribution in [0.2, 0.25) is 0 Å². The van der Waals surface area contributed by atoms with Crippen LogP contribution in [0.15, 0.2) is 27.7 Å². The largest absolute Gasteiger partial charge is 0.356 e. The third-order valence-corrected chi connectivity index (χ3v) is 4.37. The summed E-state index contributed by atoms with van der Waals surface area (Å²) in [5.41, 5.74) is 2.05. The minimum atomic E-state index is -0.208. The van der Waals surface area contributed by atoms with E-state index in [1.165, 1.54) is 6.07 Å². The van der Waals surface area contributed by atoms with Crippen molar-refractivity contribution in [2.75, 3.05) is 19.8 Å². The third kappa shape index (κ3) is 7.65. The number of benzene rings is 1. The van der Waals surface area contributed by atoms with Gasteiger partial charge >= 0.3 is 0 Å². The van der Waals surface area contributed by atoms with Gasteiger partial charge in [-0.3, -0.25) is 4.99 Å². The molecule has 1 heterocycles. The van der Waals surface area contributed by atoms with Gasteiger partial charge in [0.1, 0.15) is 5.82 Å². The monoisotopic (exact) mass is 507 g/mol. The third-order valence-electron chi connectivity index (χ3n) is 3.77. The Morgan fingerprint density at radius 3 is 2.70 bits per heavy atom. The van der Waals surface area contributed by atoms with Gasteiger partial charge in [0.25, 0.3) is 0 Å². The maximum atomic E-state index is 13.4. The number of aromatic nitrogens is 2. The zero-order valence-electron chi connectivity index (χ0n) is 16.1. The summed E-state index contributed by atoms with van der Waals surface area (Å²) in [5, 5.41) is 10.4. The van der Waals surface area contributed by atoms with Gasteiger partial charge in [-0.1, -0.05) is 25.1 Å². The normalized spacial score (nSPS) is 11.4. The van der Waals surface area contributed by atoms with E-state index in [0.717, 1.165) is 22.7 Å². The lowest BCUT2D eigenvalue weighted by atomic mass is 10.1. The number of nitrogens with one attached hydrogen (secondary N) is 2. The second-order valence-corrected chi connectivity index (χ2v) is 7.02. The van der Waals surface area contributed by atoms with Gasteiger partial charge < -0.3 is 15.2 Å². The maximum absolute atomic E-state index is 13.4. The van der Waals surface area contributed by atoms with Crippen LogP contribution < -0.4 is 10.6 Å². The lowest BCUT2D eigenvalue weighted by Gasteiger charge is -2.13. The molecule has 0 saturated heterocycles. The van der Waals surface area contributed by atoms with Crippen molar-refractivity contribution >= 4 is 41.7 Å². The fraction of sp³-hybridized carbons (Fsp3) is 0.500. The molecule has 0 fully saturated rings. The molecule has 0 aliphatic heterocycles. The summed E-state index contributed by atoms with van der Waals surface area (Å²) in [4.78, 5) is 8.56. The Balaban J connectivity index is 0.00000364. The van der Waals surface area contributed by atoms with Crippen LogP contribution in [-0.4, -0.2) is 35.9 Å². The Morgan fingerprint density at radius 2 is 2.07 bits per heavy atom. The van der Waals surface area contributed by atoms with Gasteiger partial charge in [-0.15, -0.1) is 24.0 Å². The molecule has 1 aromatic heterocycles. The molecule has 0 bridgehead atoms. The van der Waals surface area contributed by atoms with Crippen LogP contribution in [0.1, 0.15) is 42.6 Å². The number of hydrogen-bond donors (Lipinski definition) is 2. The van der Waals surface area contributed by atoms with Crippen LogP contribution in [0.5, 0.6) is 0 Å². The van der Waals surface area contributed by atoms with Gasteiger partial charge in [0, 0.05) is 38.2 Å². The lowest BCUT2D eigenvalue weighted by Crippen LogP contribution is -2.38. The molecule has 2 rings (SSSR count). The molecule has 0 spiro atoms. The first kappa shape index (κ1) is 23.7. The Morgan fingerprint density at radius 1 is 1.30 bits per heavy atom. The Labute approximate surface area is 181 Å². The van der Waals surface area contributed by atoms with Crippen LogP contribution in [0.25, 0.3) is 0 Å². The summed E-state index contributed by atoms with van der Waals surface area (Å²) < 4.78 is 18.7. The Hall–Kier alpha value is -1.36. The smallest absolute Gasteiger partial charge is 0.228 e.